The fourth-order valence-electron chi connectivity index (χ4n) is 4.30. The molecule has 0 saturated carbocycles. The van der Waals surface area contributed by atoms with Gasteiger partial charge < -0.3 is 9.84 Å². The summed E-state index contributed by atoms with van der Waals surface area (Å²) in [5.41, 5.74) is 4.90. The van der Waals surface area contributed by atoms with Crippen molar-refractivity contribution >= 4 is 11.4 Å². The van der Waals surface area contributed by atoms with Gasteiger partial charge in [-0.05, 0) is 31.0 Å². The zero-order valence-electron chi connectivity index (χ0n) is 16.7. The Morgan fingerprint density at radius 3 is 2.63 bits per heavy atom. The molecular formula is C23H20N4O3. The monoisotopic (exact) mass is 400 g/mol. The van der Waals surface area contributed by atoms with E-state index in [2.05, 4.69) is 10.2 Å². The number of benzene rings is 2. The number of ketones is 1. The van der Waals surface area contributed by atoms with Crippen LogP contribution < -0.4 is 4.74 Å². The van der Waals surface area contributed by atoms with Crippen molar-refractivity contribution < 1.29 is 14.6 Å². The average Bonchev–Trinajstić information content (AvgIpc) is 3.10. The summed E-state index contributed by atoms with van der Waals surface area (Å²) in [4.78, 5) is 12.8. The highest BCUT2D eigenvalue weighted by atomic mass is 16.5. The molecule has 150 valence electrons. The van der Waals surface area contributed by atoms with Gasteiger partial charge in [0.05, 0.1) is 24.1 Å². The number of ether oxygens (including phenoxy) is 1. The van der Waals surface area contributed by atoms with Crippen LogP contribution in [0.3, 0.4) is 0 Å². The number of carbonyl (C=O) groups excluding carboxylic acids is 1. The molecule has 7 nitrogen and oxygen atoms in total. The SMILES string of the molecule is COc1ccccc1-c1c(C)nn2c3c(nnc12)C(=O)CC(c1ccccc1O)C3. The number of aryl methyl sites for hydroxylation is 1. The van der Waals surface area contributed by atoms with Crippen molar-refractivity contribution in [2.45, 2.75) is 25.7 Å². The van der Waals surface area contributed by atoms with Crippen LogP contribution in [0.1, 0.15) is 39.8 Å². The van der Waals surface area contributed by atoms with E-state index in [9.17, 15) is 9.90 Å². The number of Topliss-reactive ketones (excluding diaryl/α,β-unsaturated/α-hetero) is 1. The second-order valence-electron chi connectivity index (χ2n) is 7.48. The van der Waals surface area contributed by atoms with Gasteiger partial charge in [0, 0.05) is 17.9 Å². The average molecular weight is 400 g/mol. The van der Waals surface area contributed by atoms with Gasteiger partial charge in [-0.15, -0.1) is 10.2 Å². The zero-order valence-corrected chi connectivity index (χ0v) is 16.7. The fraction of sp³-hybridized carbons (Fsp3) is 0.217. The number of hydrogen-bond donors (Lipinski definition) is 1. The molecule has 0 aliphatic heterocycles. The van der Waals surface area contributed by atoms with Crippen molar-refractivity contribution in [3.05, 3.63) is 71.2 Å². The van der Waals surface area contributed by atoms with E-state index in [-0.39, 0.29) is 23.9 Å². The number of para-hydroxylation sites is 2. The van der Waals surface area contributed by atoms with E-state index in [1.165, 1.54) is 0 Å². The number of aromatic nitrogens is 4. The highest BCUT2D eigenvalue weighted by Crippen LogP contribution is 2.38. The third-order valence-electron chi connectivity index (χ3n) is 5.70. The van der Waals surface area contributed by atoms with Crippen molar-refractivity contribution in [2.24, 2.45) is 0 Å². The molecule has 7 heteroatoms. The first-order chi connectivity index (χ1) is 14.6. The molecule has 0 fully saturated rings. The highest BCUT2D eigenvalue weighted by Gasteiger charge is 2.32. The van der Waals surface area contributed by atoms with Crippen LogP contribution in [0, 0.1) is 6.92 Å². The van der Waals surface area contributed by atoms with Crippen LogP contribution in [0.5, 0.6) is 11.5 Å². The zero-order chi connectivity index (χ0) is 20.8. The molecule has 0 amide bonds. The van der Waals surface area contributed by atoms with Crippen LogP contribution in [0.4, 0.5) is 0 Å². The van der Waals surface area contributed by atoms with E-state index in [1.807, 2.05) is 43.3 Å². The second-order valence-corrected chi connectivity index (χ2v) is 7.48. The van der Waals surface area contributed by atoms with E-state index >= 15 is 0 Å². The molecule has 2 aromatic heterocycles. The lowest BCUT2D eigenvalue weighted by atomic mass is 9.83. The van der Waals surface area contributed by atoms with Gasteiger partial charge in [-0.2, -0.15) is 5.10 Å². The van der Waals surface area contributed by atoms with Crippen molar-refractivity contribution in [3.63, 3.8) is 0 Å². The van der Waals surface area contributed by atoms with Crippen molar-refractivity contribution in [1.82, 2.24) is 19.8 Å². The maximum absolute atomic E-state index is 12.8. The number of nitrogens with zero attached hydrogens (tertiary/aromatic N) is 4. The summed E-state index contributed by atoms with van der Waals surface area (Å²) in [5.74, 6) is 0.685. The summed E-state index contributed by atoms with van der Waals surface area (Å²) in [6.07, 6.45) is 0.821. The normalized spacial score (nSPS) is 15.9. The highest BCUT2D eigenvalue weighted by molar-refractivity contribution is 5.97. The van der Waals surface area contributed by atoms with Gasteiger partial charge in [-0.25, -0.2) is 4.52 Å². The molecule has 4 aromatic rings. The van der Waals surface area contributed by atoms with E-state index in [0.717, 1.165) is 28.1 Å². The topological polar surface area (TPSA) is 89.6 Å². The van der Waals surface area contributed by atoms with Crippen LogP contribution in [0.15, 0.2) is 48.5 Å². The Morgan fingerprint density at radius 1 is 1.07 bits per heavy atom. The van der Waals surface area contributed by atoms with Crippen LogP contribution >= 0.6 is 0 Å². The first-order valence-corrected chi connectivity index (χ1v) is 9.78. The van der Waals surface area contributed by atoms with Gasteiger partial charge in [0.1, 0.15) is 11.5 Å². The van der Waals surface area contributed by atoms with Gasteiger partial charge in [0.25, 0.3) is 0 Å². The summed E-state index contributed by atoms with van der Waals surface area (Å²) in [5, 5.41) is 23.6. The lowest BCUT2D eigenvalue weighted by Crippen LogP contribution is -2.24. The first-order valence-electron chi connectivity index (χ1n) is 9.78. The number of phenolic OH excluding ortho intramolecular Hbond substituents is 1. The second kappa shape index (κ2) is 6.95. The third-order valence-corrected chi connectivity index (χ3v) is 5.70. The van der Waals surface area contributed by atoms with Crippen LogP contribution in [0.25, 0.3) is 16.8 Å². The Balaban J connectivity index is 1.69. The third kappa shape index (κ3) is 2.74. The lowest BCUT2D eigenvalue weighted by molar-refractivity contribution is 0.0955. The van der Waals surface area contributed by atoms with Gasteiger partial charge in [-0.1, -0.05) is 36.4 Å². The maximum Gasteiger partial charge on any atom is 0.185 e. The van der Waals surface area contributed by atoms with Crippen LogP contribution in [-0.2, 0) is 6.42 Å². The Morgan fingerprint density at radius 2 is 1.83 bits per heavy atom. The summed E-state index contributed by atoms with van der Waals surface area (Å²) >= 11 is 0. The predicted molar refractivity (Wildman–Crippen MR) is 111 cm³/mol. The number of fused-ring (bicyclic) bond motifs is 3. The predicted octanol–water partition coefficient (Wildman–Crippen LogP) is 3.73. The number of rotatable bonds is 3. The maximum atomic E-state index is 12.8. The number of phenols is 1. The summed E-state index contributed by atoms with van der Waals surface area (Å²) < 4.78 is 7.25. The summed E-state index contributed by atoms with van der Waals surface area (Å²) in [6, 6.07) is 14.8. The summed E-state index contributed by atoms with van der Waals surface area (Å²) in [7, 11) is 1.63. The van der Waals surface area contributed by atoms with E-state index in [4.69, 9.17) is 9.84 Å². The Labute approximate surface area is 173 Å². The summed E-state index contributed by atoms with van der Waals surface area (Å²) in [6.45, 7) is 1.91. The minimum Gasteiger partial charge on any atom is -0.508 e. The lowest BCUT2D eigenvalue weighted by Gasteiger charge is -2.23. The van der Waals surface area contributed by atoms with Crippen LogP contribution in [-0.4, -0.2) is 37.8 Å². The first kappa shape index (κ1) is 18.3. The molecule has 1 atom stereocenters. The minimum absolute atomic E-state index is 0.0918. The standard InChI is InChI=1S/C23H20N4O3/c1-13-21(16-8-4-6-10-20(16)30-2)23-25-24-22-17(27(23)26-13)11-14(12-19(22)29)15-7-3-5-9-18(15)28/h3-10,14,28H,11-12H2,1-2H3. The molecular weight excluding hydrogens is 380 g/mol. The molecule has 30 heavy (non-hydrogen) atoms. The number of hydrogen-bond acceptors (Lipinski definition) is 6. The van der Waals surface area contributed by atoms with Gasteiger partial charge in [-0.3, -0.25) is 4.79 Å². The minimum atomic E-state index is -0.141. The molecule has 2 heterocycles. The Kier molecular flexibility index (Phi) is 4.24. The van der Waals surface area contributed by atoms with Gasteiger partial charge in [0.2, 0.25) is 0 Å². The van der Waals surface area contributed by atoms with Crippen LogP contribution in [0.2, 0.25) is 0 Å². The Bertz CT molecular complexity index is 1300. The molecule has 2 aromatic carbocycles. The molecule has 5 rings (SSSR count). The molecule has 0 saturated heterocycles. The molecule has 1 unspecified atom stereocenters. The van der Waals surface area contributed by atoms with E-state index in [1.54, 1.807) is 23.8 Å². The van der Waals surface area contributed by atoms with E-state index < -0.39 is 0 Å². The Hall–Kier alpha value is -3.74. The molecule has 1 aliphatic rings. The van der Waals surface area contributed by atoms with Crippen molar-refractivity contribution in [1.29, 1.82) is 0 Å². The molecule has 1 N–H and O–H groups in total. The van der Waals surface area contributed by atoms with E-state index in [0.29, 0.717) is 23.5 Å². The molecule has 0 spiro atoms. The molecule has 0 bridgehead atoms. The van der Waals surface area contributed by atoms with Gasteiger partial charge >= 0.3 is 0 Å². The van der Waals surface area contributed by atoms with Crippen molar-refractivity contribution in [2.75, 3.05) is 7.11 Å². The quantitative estimate of drug-likeness (QED) is 0.564. The fourth-order valence-corrected chi connectivity index (χ4v) is 4.30. The molecule has 1 aliphatic carbocycles. The largest absolute Gasteiger partial charge is 0.508 e. The number of carbonyl (C=O) groups is 1. The van der Waals surface area contributed by atoms with Crippen molar-refractivity contribution in [3.8, 4) is 22.6 Å². The smallest absolute Gasteiger partial charge is 0.185 e. The number of methoxy groups -OCH3 is 1. The van der Waals surface area contributed by atoms with Gasteiger partial charge in [0.15, 0.2) is 17.1 Å². The molecule has 0 radical (unpaired) electrons. The number of aromatic hydroxyl groups is 1.